The minimum atomic E-state index is 0.702. The Bertz CT molecular complexity index is 436. The molecule has 0 spiro atoms. The van der Waals surface area contributed by atoms with Gasteiger partial charge in [0, 0.05) is 18.1 Å². The predicted octanol–water partition coefficient (Wildman–Crippen LogP) is 2.28. The molecule has 0 amide bonds. The number of rotatable bonds is 5. The Labute approximate surface area is 106 Å². The highest BCUT2D eigenvalue weighted by molar-refractivity contribution is 7.07. The van der Waals surface area contributed by atoms with Crippen LogP contribution in [0.3, 0.4) is 0 Å². The summed E-state index contributed by atoms with van der Waals surface area (Å²) in [5.41, 5.74) is 11.0. The molecular weight excluding hydrogens is 230 g/mol. The third kappa shape index (κ3) is 3.28. The van der Waals surface area contributed by atoms with Gasteiger partial charge in [0.25, 0.3) is 0 Å². The quantitative estimate of drug-likeness (QED) is 0.881. The van der Waals surface area contributed by atoms with Crippen LogP contribution in [0.4, 0.5) is 5.69 Å². The molecule has 2 rings (SSSR count). The molecule has 0 saturated heterocycles. The van der Waals surface area contributed by atoms with Gasteiger partial charge in [0.2, 0.25) is 0 Å². The Hall–Kier alpha value is -1.39. The maximum atomic E-state index is 5.53. The molecule has 1 heterocycles. The summed E-state index contributed by atoms with van der Waals surface area (Å²) in [6.45, 7) is 1.55. The van der Waals surface area contributed by atoms with E-state index in [1.54, 1.807) is 11.3 Å². The number of hydrogen-bond acceptors (Lipinski definition) is 4. The van der Waals surface area contributed by atoms with E-state index in [2.05, 4.69) is 46.6 Å². The fraction of sp³-hybridized carbons (Fsp3) is 0.308. The lowest BCUT2D eigenvalue weighted by molar-refractivity contribution is 0.893. The molecule has 0 aliphatic carbocycles. The molecule has 0 aliphatic rings. The van der Waals surface area contributed by atoms with Crippen molar-refractivity contribution < 1.29 is 0 Å². The zero-order valence-electron chi connectivity index (χ0n) is 9.97. The van der Waals surface area contributed by atoms with Crippen molar-refractivity contribution in [1.29, 1.82) is 0 Å². The zero-order chi connectivity index (χ0) is 12.1. The summed E-state index contributed by atoms with van der Waals surface area (Å²) in [5.74, 6) is 0. The van der Waals surface area contributed by atoms with Crippen LogP contribution < -0.4 is 10.6 Å². The third-order valence-corrected chi connectivity index (χ3v) is 3.33. The number of thiazole rings is 1. The van der Waals surface area contributed by atoms with Gasteiger partial charge in [-0.2, -0.15) is 0 Å². The van der Waals surface area contributed by atoms with E-state index in [1.165, 1.54) is 11.3 Å². The van der Waals surface area contributed by atoms with Crippen LogP contribution in [0, 0.1) is 0 Å². The maximum Gasteiger partial charge on any atom is 0.0795 e. The van der Waals surface area contributed by atoms with E-state index in [0.29, 0.717) is 6.54 Å². The average Bonchev–Trinajstić information content (AvgIpc) is 2.83. The van der Waals surface area contributed by atoms with Gasteiger partial charge in [-0.15, -0.1) is 11.3 Å². The van der Waals surface area contributed by atoms with Crippen LogP contribution in [-0.4, -0.2) is 18.6 Å². The van der Waals surface area contributed by atoms with Gasteiger partial charge in [0.15, 0.2) is 0 Å². The number of anilines is 1. The summed E-state index contributed by atoms with van der Waals surface area (Å²) in [4.78, 5) is 6.48. The Kier molecular flexibility index (Phi) is 4.12. The Balaban J connectivity index is 2.01. The smallest absolute Gasteiger partial charge is 0.0795 e. The first-order valence-electron chi connectivity index (χ1n) is 5.67. The van der Waals surface area contributed by atoms with Crippen molar-refractivity contribution in [3.05, 3.63) is 46.4 Å². The molecule has 1 aromatic carbocycles. The molecular formula is C13H17N3S. The van der Waals surface area contributed by atoms with E-state index in [4.69, 9.17) is 5.73 Å². The van der Waals surface area contributed by atoms with Crippen LogP contribution in [0.5, 0.6) is 0 Å². The normalized spacial score (nSPS) is 10.5. The Morgan fingerprint density at radius 1 is 1.29 bits per heavy atom. The van der Waals surface area contributed by atoms with Crippen molar-refractivity contribution >= 4 is 17.0 Å². The Morgan fingerprint density at radius 3 is 2.65 bits per heavy atom. The van der Waals surface area contributed by atoms with Crippen LogP contribution in [0.25, 0.3) is 0 Å². The molecule has 0 fully saturated rings. The monoisotopic (exact) mass is 247 g/mol. The summed E-state index contributed by atoms with van der Waals surface area (Å²) < 4.78 is 0. The molecule has 2 aromatic rings. The van der Waals surface area contributed by atoms with Crippen LogP contribution in [0.1, 0.15) is 11.3 Å². The molecule has 0 unspecified atom stereocenters. The lowest BCUT2D eigenvalue weighted by Crippen LogP contribution is -2.16. The molecule has 90 valence electrons. The topological polar surface area (TPSA) is 42.2 Å². The van der Waals surface area contributed by atoms with Gasteiger partial charge in [-0.25, -0.2) is 4.98 Å². The van der Waals surface area contributed by atoms with Crippen molar-refractivity contribution in [3.8, 4) is 0 Å². The first kappa shape index (κ1) is 12.1. The minimum absolute atomic E-state index is 0.702. The largest absolute Gasteiger partial charge is 0.369 e. The summed E-state index contributed by atoms with van der Waals surface area (Å²) in [6.07, 6.45) is 0.941. The molecule has 0 bridgehead atoms. The van der Waals surface area contributed by atoms with E-state index in [-0.39, 0.29) is 0 Å². The van der Waals surface area contributed by atoms with E-state index in [1.807, 2.05) is 5.51 Å². The van der Waals surface area contributed by atoms with E-state index in [0.717, 1.165) is 18.7 Å². The van der Waals surface area contributed by atoms with Crippen LogP contribution in [0.15, 0.2) is 35.2 Å². The van der Waals surface area contributed by atoms with Crippen molar-refractivity contribution in [2.45, 2.75) is 13.0 Å². The van der Waals surface area contributed by atoms with Crippen molar-refractivity contribution in [1.82, 2.24) is 4.98 Å². The molecule has 0 radical (unpaired) electrons. The van der Waals surface area contributed by atoms with E-state index < -0.39 is 0 Å². The summed E-state index contributed by atoms with van der Waals surface area (Å²) in [5, 5.41) is 2.08. The van der Waals surface area contributed by atoms with E-state index in [9.17, 15) is 0 Å². The van der Waals surface area contributed by atoms with Gasteiger partial charge >= 0.3 is 0 Å². The van der Waals surface area contributed by atoms with Gasteiger partial charge in [-0.1, -0.05) is 12.1 Å². The first-order chi connectivity index (χ1) is 8.29. The van der Waals surface area contributed by atoms with Crippen molar-refractivity contribution in [2.75, 3.05) is 18.5 Å². The second-order valence-electron chi connectivity index (χ2n) is 4.04. The molecule has 0 saturated carbocycles. The van der Waals surface area contributed by atoms with E-state index >= 15 is 0 Å². The summed E-state index contributed by atoms with van der Waals surface area (Å²) in [6, 6.07) is 8.55. The van der Waals surface area contributed by atoms with Gasteiger partial charge in [0.1, 0.15) is 0 Å². The van der Waals surface area contributed by atoms with Crippen molar-refractivity contribution in [3.63, 3.8) is 0 Å². The first-order valence-corrected chi connectivity index (χ1v) is 6.61. The molecule has 2 N–H and O–H groups in total. The average molecular weight is 247 g/mol. The third-order valence-electron chi connectivity index (χ3n) is 2.69. The highest BCUT2D eigenvalue weighted by Crippen LogP contribution is 2.16. The Morgan fingerprint density at radius 2 is 2.06 bits per heavy atom. The van der Waals surface area contributed by atoms with Crippen LogP contribution in [0.2, 0.25) is 0 Å². The van der Waals surface area contributed by atoms with Crippen molar-refractivity contribution in [2.24, 2.45) is 5.73 Å². The minimum Gasteiger partial charge on any atom is -0.369 e. The standard InChI is InChI=1S/C13H17N3S/c1-16(8-12-9-17-10-15-12)13-4-2-11(3-5-13)6-7-14/h2-5,9-10H,6-8,14H2,1H3. The van der Waals surface area contributed by atoms with Gasteiger partial charge in [0.05, 0.1) is 17.7 Å². The molecule has 0 atom stereocenters. The number of benzene rings is 1. The van der Waals surface area contributed by atoms with Crippen LogP contribution in [-0.2, 0) is 13.0 Å². The van der Waals surface area contributed by atoms with Gasteiger partial charge in [-0.3, -0.25) is 0 Å². The fourth-order valence-electron chi connectivity index (χ4n) is 1.73. The fourth-order valence-corrected chi connectivity index (χ4v) is 2.28. The second-order valence-corrected chi connectivity index (χ2v) is 4.76. The molecule has 17 heavy (non-hydrogen) atoms. The number of nitrogens with two attached hydrogens (primary N) is 1. The summed E-state index contributed by atoms with van der Waals surface area (Å²) in [7, 11) is 2.08. The van der Waals surface area contributed by atoms with Gasteiger partial charge in [-0.05, 0) is 30.7 Å². The molecule has 4 heteroatoms. The number of aromatic nitrogens is 1. The zero-order valence-corrected chi connectivity index (χ0v) is 10.8. The number of hydrogen-bond donors (Lipinski definition) is 1. The van der Waals surface area contributed by atoms with Crippen LogP contribution >= 0.6 is 11.3 Å². The maximum absolute atomic E-state index is 5.53. The highest BCUT2D eigenvalue weighted by atomic mass is 32.1. The predicted molar refractivity (Wildman–Crippen MR) is 73.4 cm³/mol. The lowest BCUT2D eigenvalue weighted by atomic mass is 10.1. The lowest BCUT2D eigenvalue weighted by Gasteiger charge is -2.18. The molecule has 3 nitrogen and oxygen atoms in total. The molecule has 0 aliphatic heterocycles. The SMILES string of the molecule is CN(Cc1cscn1)c1ccc(CCN)cc1. The highest BCUT2D eigenvalue weighted by Gasteiger charge is 2.03. The van der Waals surface area contributed by atoms with Gasteiger partial charge < -0.3 is 10.6 Å². The second kappa shape index (κ2) is 5.80. The number of nitrogens with zero attached hydrogens (tertiary/aromatic N) is 2. The molecule has 1 aromatic heterocycles. The summed E-state index contributed by atoms with van der Waals surface area (Å²) >= 11 is 1.63.